The van der Waals surface area contributed by atoms with Gasteiger partial charge in [-0.2, -0.15) is 0 Å². The minimum atomic E-state index is 0.278. The molecule has 0 saturated heterocycles. The summed E-state index contributed by atoms with van der Waals surface area (Å²) < 4.78 is 0. The molecule has 0 fully saturated rings. The lowest BCUT2D eigenvalue weighted by molar-refractivity contribution is -0.122. The molecular formula is C21H41OP. The summed E-state index contributed by atoms with van der Waals surface area (Å²) in [6.45, 7) is 18.7. The van der Waals surface area contributed by atoms with Crippen LogP contribution in [-0.2, 0) is 4.79 Å². The molecule has 23 heavy (non-hydrogen) atoms. The molecule has 0 radical (unpaired) electrons. The maximum absolute atomic E-state index is 10.7. The fraction of sp³-hybridized carbons (Fsp3) is 0.667. The average Bonchev–Trinajstić information content (AvgIpc) is 2.56. The summed E-state index contributed by atoms with van der Waals surface area (Å²) in [4.78, 5) is 10.7. The van der Waals surface area contributed by atoms with Gasteiger partial charge >= 0.3 is 0 Å². The quantitative estimate of drug-likeness (QED) is 0.565. The predicted molar refractivity (Wildman–Crippen MR) is 112 cm³/mol. The summed E-state index contributed by atoms with van der Waals surface area (Å²) >= 11 is 0. The summed E-state index contributed by atoms with van der Waals surface area (Å²) in [5, 5.41) is 1.25. The van der Waals surface area contributed by atoms with Crippen molar-refractivity contribution in [2.45, 2.75) is 81.6 Å². The molecular weight excluding hydrogens is 299 g/mol. The monoisotopic (exact) mass is 340 g/mol. The van der Waals surface area contributed by atoms with Crippen molar-refractivity contribution in [3.8, 4) is 0 Å². The third kappa shape index (κ3) is 21.3. The van der Waals surface area contributed by atoms with Gasteiger partial charge in [-0.25, -0.2) is 0 Å². The van der Waals surface area contributed by atoms with Gasteiger partial charge in [0.05, 0.1) is 0 Å². The van der Waals surface area contributed by atoms with Gasteiger partial charge in [-0.15, -0.1) is 9.24 Å². The first-order chi connectivity index (χ1) is 10.8. The molecule has 0 aliphatic heterocycles. The highest BCUT2D eigenvalue weighted by atomic mass is 31.0. The van der Waals surface area contributed by atoms with Crippen molar-refractivity contribution in [3.63, 3.8) is 0 Å². The van der Waals surface area contributed by atoms with Gasteiger partial charge < -0.3 is 0 Å². The fourth-order valence-electron chi connectivity index (χ4n) is 1.25. The Hall–Kier alpha value is -0.680. The molecule has 0 spiro atoms. The number of rotatable bonds is 4. The molecule has 1 rings (SSSR count). The van der Waals surface area contributed by atoms with E-state index in [9.17, 15) is 4.79 Å². The molecule has 0 amide bonds. The first kappa shape index (κ1) is 27.2. The van der Waals surface area contributed by atoms with Gasteiger partial charge in [0.15, 0.2) is 0 Å². The van der Waals surface area contributed by atoms with E-state index >= 15 is 0 Å². The number of carbonyl (C=O) groups is 1. The molecule has 0 bridgehead atoms. The zero-order valence-electron chi connectivity index (χ0n) is 17.1. The first-order valence-corrected chi connectivity index (χ1v) is 9.70. The van der Waals surface area contributed by atoms with Crippen molar-refractivity contribution in [2.75, 3.05) is 0 Å². The van der Waals surface area contributed by atoms with E-state index < -0.39 is 0 Å². The third-order valence-corrected chi connectivity index (χ3v) is 3.73. The van der Waals surface area contributed by atoms with Gasteiger partial charge in [0.25, 0.3) is 0 Å². The fourth-order valence-corrected chi connectivity index (χ4v) is 1.62. The molecule has 0 aliphatic rings. The molecule has 2 heteroatoms. The van der Waals surface area contributed by atoms with Gasteiger partial charge in [0, 0.05) is 12.3 Å². The highest BCUT2D eigenvalue weighted by Gasteiger charge is 2.05. The normalized spacial score (nSPS) is 10.2. The van der Waals surface area contributed by atoms with E-state index in [4.69, 9.17) is 0 Å². The van der Waals surface area contributed by atoms with Crippen LogP contribution in [-0.4, -0.2) is 5.78 Å². The molecule has 0 aliphatic carbocycles. The number of aryl methyl sites for hydroxylation is 1. The van der Waals surface area contributed by atoms with Crippen LogP contribution in [0.2, 0.25) is 0 Å². The van der Waals surface area contributed by atoms with E-state index in [2.05, 4.69) is 61.2 Å². The lowest BCUT2D eigenvalue weighted by Gasteiger charge is -2.02. The number of hydrogen-bond donors (Lipinski definition) is 0. The Morgan fingerprint density at radius 2 is 1.52 bits per heavy atom. The number of ketones is 1. The zero-order valence-corrected chi connectivity index (χ0v) is 18.2. The number of carbonyl (C=O) groups excluding carboxylic acids is 1. The molecule has 136 valence electrons. The lowest BCUT2D eigenvalue weighted by Crippen LogP contribution is -2.06. The maximum Gasteiger partial charge on any atom is 0.135 e. The van der Waals surface area contributed by atoms with E-state index in [1.807, 2.05) is 34.6 Å². The number of Topliss-reactive ketones (excluding diaryl/α,β-unsaturated/α-hetero) is 1. The minimum Gasteiger partial charge on any atom is -0.299 e. The second-order valence-corrected chi connectivity index (χ2v) is 6.51. The van der Waals surface area contributed by atoms with E-state index in [0.29, 0.717) is 12.2 Å². The summed E-state index contributed by atoms with van der Waals surface area (Å²) in [5.74, 6) is 1.54. The van der Waals surface area contributed by atoms with E-state index in [1.165, 1.54) is 17.3 Å². The van der Waals surface area contributed by atoms with Gasteiger partial charge in [-0.05, 0) is 24.6 Å². The van der Waals surface area contributed by atoms with Crippen LogP contribution in [0.1, 0.15) is 80.2 Å². The van der Waals surface area contributed by atoms with Crippen LogP contribution in [0, 0.1) is 18.8 Å². The topological polar surface area (TPSA) is 17.1 Å². The molecule has 1 nitrogen and oxygen atoms in total. The Morgan fingerprint density at radius 3 is 1.70 bits per heavy atom. The highest BCUT2D eigenvalue weighted by molar-refractivity contribution is 7.27. The second kappa shape index (κ2) is 19.4. The van der Waals surface area contributed by atoms with Crippen LogP contribution in [0.4, 0.5) is 0 Å². The highest BCUT2D eigenvalue weighted by Crippen LogP contribution is 2.03. The van der Waals surface area contributed by atoms with E-state index in [1.54, 1.807) is 0 Å². The molecule has 2 unspecified atom stereocenters. The van der Waals surface area contributed by atoms with Crippen LogP contribution >= 0.6 is 9.24 Å². The predicted octanol–water partition coefficient (Wildman–Crippen LogP) is 6.59. The standard InChI is InChI=1S/C7H14O.C7H9P.C5H12.C2H6/c1-4-6(3)7(8)5-2;1-6-3-2-4-7(8)5-6;1-4-5(2)3;1-2/h6H,4-5H2,1-3H3;2-5H,8H2,1H3;5H,4H2,1-3H3;1-2H3. The summed E-state index contributed by atoms with van der Waals surface area (Å²) in [6.07, 6.45) is 2.97. The Kier molecular flexibility index (Phi) is 22.9. The van der Waals surface area contributed by atoms with E-state index in [0.717, 1.165) is 12.3 Å². The van der Waals surface area contributed by atoms with Gasteiger partial charge in [0.2, 0.25) is 0 Å². The van der Waals surface area contributed by atoms with Crippen molar-refractivity contribution in [3.05, 3.63) is 29.8 Å². The van der Waals surface area contributed by atoms with Crippen LogP contribution in [0.5, 0.6) is 0 Å². The van der Waals surface area contributed by atoms with Crippen LogP contribution in [0.3, 0.4) is 0 Å². The molecule has 1 aromatic rings. The van der Waals surface area contributed by atoms with Crippen molar-refractivity contribution >= 4 is 20.3 Å². The van der Waals surface area contributed by atoms with Crippen molar-refractivity contribution in [1.82, 2.24) is 0 Å². The first-order valence-electron chi connectivity index (χ1n) is 9.13. The van der Waals surface area contributed by atoms with Gasteiger partial charge in [-0.3, -0.25) is 4.79 Å². The Labute approximate surface area is 148 Å². The minimum absolute atomic E-state index is 0.278. The van der Waals surface area contributed by atoms with Gasteiger partial charge in [0.1, 0.15) is 5.78 Å². The van der Waals surface area contributed by atoms with Crippen molar-refractivity contribution < 1.29 is 4.79 Å². The van der Waals surface area contributed by atoms with Crippen LogP contribution in [0.15, 0.2) is 24.3 Å². The summed E-state index contributed by atoms with van der Waals surface area (Å²) in [5.41, 5.74) is 1.32. The summed E-state index contributed by atoms with van der Waals surface area (Å²) in [7, 11) is 2.66. The average molecular weight is 341 g/mol. The summed E-state index contributed by atoms with van der Waals surface area (Å²) in [6, 6.07) is 8.34. The van der Waals surface area contributed by atoms with Crippen LogP contribution in [0.25, 0.3) is 0 Å². The van der Waals surface area contributed by atoms with Gasteiger partial charge in [-0.1, -0.05) is 91.6 Å². The largest absolute Gasteiger partial charge is 0.299 e. The maximum atomic E-state index is 10.7. The second-order valence-electron chi connectivity index (χ2n) is 5.85. The SMILES string of the molecule is CC.CCC(=O)C(C)CC.CCC(C)C.Cc1cccc(P)c1. The van der Waals surface area contributed by atoms with E-state index in [-0.39, 0.29) is 5.92 Å². The Balaban J connectivity index is -0.000000254. The number of benzene rings is 1. The Morgan fingerprint density at radius 1 is 1.04 bits per heavy atom. The molecule has 1 aromatic carbocycles. The molecule has 2 atom stereocenters. The smallest absolute Gasteiger partial charge is 0.135 e. The molecule has 0 aromatic heterocycles. The van der Waals surface area contributed by atoms with Crippen molar-refractivity contribution in [2.24, 2.45) is 11.8 Å². The lowest BCUT2D eigenvalue weighted by atomic mass is 10.0. The zero-order chi connectivity index (χ0) is 18.8. The molecule has 0 heterocycles. The molecule has 0 saturated carbocycles. The number of hydrogen-bond acceptors (Lipinski definition) is 1. The van der Waals surface area contributed by atoms with Crippen molar-refractivity contribution in [1.29, 1.82) is 0 Å². The third-order valence-electron chi connectivity index (χ3n) is 3.37. The van der Waals surface area contributed by atoms with Crippen LogP contribution < -0.4 is 5.30 Å². The Bertz CT molecular complexity index is 355. The molecule has 0 N–H and O–H groups in total.